The van der Waals surface area contributed by atoms with Crippen LogP contribution in [0.25, 0.3) is 0 Å². The lowest BCUT2D eigenvalue weighted by molar-refractivity contribution is -0.173. The fraction of sp³-hybridized carbons (Fsp3) is 0.400. The van der Waals surface area contributed by atoms with Crippen LogP contribution in [-0.4, -0.2) is 36.8 Å². The molecule has 0 radical (unpaired) electrons. The maximum absolute atomic E-state index is 12.8. The van der Waals surface area contributed by atoms with Gasteiger partial charge in [-0.25, -0.2) is 9.37 Å². The van der Waals surface area contributed by atoms with Crippen LogP contribution in [0.4, 0.5) is 23.4 Å². The number of hydrogen-bond donors (Lipinski definition) is 2. The molecule has 0 saturated carbocycles. The SMILES string of the molecule is Nc1ncc(F)cc1C(=O)NCCOCC(F)(F)F. The summed E-state index contributed by atoms with van der Waals surface area (Å²) in [5.74, 6) is -1.65. The van der Waals surface area contributed by atoms with Crippen LogP contribution < -0.4 is 11.1 Å². The Balaban J connectivity index is 2.38. The van der Waals surface area contributed by atoms with E-state index in [4.69, 9.17) is 5.73 Å². The predicted molar refractivity (Wildman–Crippen MR) is 57.8 cm³/mol. The zero-order valence-electron chi connectivity index (χ0n) is 9.63. The van der Waals surface area contributed by atoms with Crippen molar-refractivity contribution in [3.05, 3.63) is 23.6 Å². The van der Waals surface area contributed by atoms with Crippen molar-refractivity contribution in [3.8, 4) is 0 Å². The number of nitrogen functional groups attached to an aromatic ring is 1. The Morgan fingerprint density at radius 1 is 1.47 bits per heavy atom. The molecule has 19 heavy (non-hydrogen) atoms. The van der Waals surface area contributed by atoms with Gasteiger partial charge in [0.15, 0.2) is 0 Å². The summed E-state index contributed by atoms with van der Waals surface area (Å²) < 4.78 is 52.3. The third kappa shape index (κ3) is 5.51. The summed E-state index contributed by atoms with van der Waals surface area (Å²) in [6, 6.07) is 0.883. The van der Waals surface area contributed by atoms with Crippen LogP contribution in [0.3, 0.4) is 0 Å². The molecule has 0 aromatic carbocycles. The number of amides is 1. The second-order valence-electron chi connectivity index (χ2n) is 3.51. The second kappa shape index (κ2) is 6.32. The molecule has 106 valence electrons. The summed E-state index contributed by atoms with van der Waals surface area (Å²) in [4.78, 5) is 14.9. The van der Waals surface area contributed by atoms with Gasteiger partial charge in [0.25, 0.3) is 5.91 Å². The van der Waals surface area contributed by atoms with E-state index in [2.05, 4.69) is 15.0 Å². The number of ether oxygens (including phenoxy) is 1. The molecule has 0 unspecified atom stereocenters. The molecule has 9 heteroatoms. The van der Waals surface area contributed by atoms with Crippen molar-refractivity contribution < 1.29 is 27.1 Å². The van der Waals surface area contributed by atoms with Crippen LogP contribution in [0.15, 0.2) is 12.3 Å². The van der Waals surface area contributed by atoms with E-state index in [1.54, 1.807) is 0 Å². The van der Waals surface area contributed by atoms with Crippen molar-refractivity contribution in [2.75, 3.05) is 25.5 Å². The molecule has 0 fully saturated rings. The minimum Gasteiger partial charge on any atom is -0.383 e. The van der Waals surface area contributed by atoms with Crippen LogP contribution >= 0.6 is 0 Å². The van der Waals surface area contributed by atoms with Gasteiger partial charge in [-0.2, -0.15) is 13.2 Å². The Hall–Kier alpha value is -1.90. The van der Waals surface area contributed by atoms with E-state index in [0.29, 0.717) is 0 Å². The Labute approximate surface area is 105 Å². The molecule has 3 N–H and O–H groups in total. The molecule has 1 amide bonds. The molecule has 0 saturated heterocycles. The molecule has 0 atom stereocenters. The first-order chi connectivity index (χ1) is 8.79. The van der Waals surface area contributed by atoms with Crippen molar-refractivity contribution in [3.63, 3.8) is 0 Å². The number of alkyl halides is 3. The third-order valence-electron chi connectivity index (χ3n) is 1.93. The highest BCUT2D eigenvalue weighted by Crippen LogP contribution is 2.14. The Morgan fingerprint density at radius 3 is 2.79 bits per heavy atom. The fourth-order valence-corrected chi connectivity index (χ4v) is 1.15. The van der Waals surface area contributed by atoms with Gasteiger partial charge in [0.05, 0.1) is 18.4 Å². The number of carbonyl (C=O) groups excluding carboxylic acids is 1. The number of nitrogens with one attached hydrogen (secondary N) is 1. The Kier molecular flexibility index (Phi) is 5.04. The maximum Gasteiger partial charge on any atom is 0.411 e. The molecular formula is C10H11F4N3O2. The van der Waals surface area contributed by atoms with Crippen LogP contribution in [-0.2, 0) is 4.74 Å². The number of anilines is 1. The molecule has 5 nitrogen and oxygen atoms in total. The number of nitrogens with zero attached hydrogens (tertiary/aromatic N) is 1. The third-order valence-corrected chi connectivity index (χ3v) is 1.93. The Morgan fingerprint density at radius 2 is 2.16 bits per heavy atom. The normalized spacial score (nSPS) is 11.4. The molecule has 0 spiro atoms. The van der Waals surface area contributed by atoms with Crippen LogP contribution in [0, 0.1) is 5.82 Å². The first-order valence-corrected chi connectivity index (χ1v) is 5.13. The molecule has 1 rings (SSSR count). The average Bonchev–Trinajstić information content (AvgIpc) is 2.30. The first kappa shape index (κ1) is 15.2. The van der Waals surface area contributed by atoms with Crippen molar-refractivity contribution in [2.45, 2.75) is 6.18 Å². The van der Waals surface area contributed by atoms with Crippen molar-refractivity contribution >= 4 is 11.7 Å². The van der Waals surface area contributed by atoms with E-state index in [9.17, 15) is 22.4 Å². The summed E-state index contributed by atoms with van der Waals surface area (Å²) >= 11 is 0. The lowest BCUT2D eigenvalue weighted by Gasteiger charge is -2.09. The molecule has 1 heterocycles. The minimum absolute atomic E-state index is 0.162. The number of halogens is 4. The van der Waals surface area contributed by atoms with Crippen LogP contribution in [0.1, 0.15) is 10.4 Å². The fourth-order valence-electron chi connectivity index (χ4n) is 1.15. The minimum atomic E-state index is -4.42. The van der Waals surface area contributed by atoms with E-state index in [1.807, 2.05) is 0 Å². The molecule has 0 aliphatic carbocycles. The van der Waals surface area contributed by atoms with Crippen LogP contribution in [0.5, 0.6) is 0 Å². The lowest BCUT2D eigenvalue weighted by Crippen LogP contribution is -2.29. The van der Waals surface area contributed by atoms with E-state index in [-0.39, 0.29) is 24.5 Å². The van der Waals surface area contributed by atoms with E-state index < -0.39 is 24.5 Å². The number of hydrogen-bond acceptors (Lipinski definition) is 4. The highest BCUT2D eigenvalue weighted by atomic mass is 19.4. The lowest BCUT2D eigenvalue weighted by atomic mass is 10.2. The first-order valence-electron chi connectivity index (χ1n) is 5.13. The molecule has 0 bridgehead atoms. The summed E-state index contributed by atoms with van der Waals surface area (Å²) in [6.07, 6.45) is -3.57. The standard InChI is InChI=1S/C10H11F4N3O2/c11-6-3-7(8(15)17-4-6)9(18)16-1-2-19-5-10(12,13)14/h3-4H,1-2,5H2,(H2,15,17)(H,16,18). The molecule has 1 aromatic rings. The van der Waals surface area contributed by atoms with Gasteiger partial charge in [0, 0.05) is 6.54 Å². The number of aromatic nitrogens is 1. The monoisotopic (exact) mass is 281 g/mol. The predicted octanol–water partition coefficient (Wildman–Crippen LogP) is 1.11. The highest BCUT2D eigenvalue weighted by Gasteiger charge is 2.27. The topological polar surface area (TPSA) is 77.2 Å². The van der Waals surface area contributed by atoms with E-state index >= 15 is 0 Å². The quantitative estimate of drug-likeness (QED) is 0.626. The molecular weight excluding hydrogens is 270 g/mol. The van der Waals surface area contributed by atoms with Crippen molar-refractivity contribution in [1.29, 1.82) is 0 Å². The zero-order chi connectivity index (χ0) is 14.5. The highest BCUT2D eigenvalue weighted by molar-refractivity contribution is 5.98. The average molecular weight is 281 g/mol. The number of carbonyl (C=O) groups is 1. The molecule has 0 aliphatic rings. The van der Waals surface area contributed by atoms with Gasteiger partial charge in [0.2, 0.25) is 0 Å². The van der Waals surface area contributed by atoms with Crippen molar-refractivity contribution in [2.24, 2.45) is 0 Å². The smallest absolute Gasteiger partial charge is 0.383 e. The maximum atomic E-state index is 12.8. The second-order valence-corrected chi connectivity index (χ2v) is 3.51. The Bertz CT molecular complexity index is 451. The van der Waals surface area contributed by atoms with E-state index in [1.165, 1.54) is 0 Å². The van der Waals surface area contributed by atoms with Gasteiger partial charge >= 0.3 is 6.18 Å². The number of pyridine rings is 1. The summed E-state index contributed by atoms with van der Waals surface area (Å²) in [7, 11) is 0. The van der Waals surface area contributed by atoms with Crippen molar-refractivity contribution in [1.82, 2.24) is 10.3 Å². The van der Waals surface area contributed by atoms with Gasteiger partial charge in [-0.1, -0.05) is 0 Å². The van der Waals surface area contributed by atoms with Gasteiger partial charge in [0.1, 0.15) is 18.2 Å². The van der Waals surface area contributed by atoms with Gasteiger partial charge in [-0.3, -0.25) is 4.79 Å². The van der Waals surface area contributed by atoms with Gasteiger partial charge in [-0.15, -0.1) is 0 Å². The number of nitrogens with two attached hydrogens (primary N) is 1. The van der Waals surface area contributed by atoms with Crippen LogP contribution in [0.2, 0.25) is 0 Å². The van der Waals surface area contributed by atoms with E-state index in [0.717, 1.165) is 12.3 Å². The summed E-state index contributed by atoms with van der Waals surface area (Å²) in [6.45, 7) is -1.88. The molecule has 0 aliphatic heterocycles. The van der Waals surface area contributed by atoms with Gasteiger partial charge in [-0.05, 0) is 6.07 Å². The number of rotatable bonds is 5. The largest absolute Gasteiger partial charge is 0.411 e. The molecule has 1 aromatic heterocycles. The summed E-state index contributed by atoms with van der Waals surface area (Å²) in [5, 5.41) is 2.24. The van der Waals surface area contributed by atoms with Gasteiger partial charge < -0.3 is 15.8 Å². The zero-order valence-corrected chi connectivity index (χ0v) is 9.63. The summed E-state index contributed by atoms with van der Waals surface area (Å²) in [5.41, 5.74) is 5.17.